The van der Waals surface area contributed by atoms with Gasteiger partial charge in [0.25, 0.3) is 0 Å². The molecule has 0 radical (unpaired) electrons. The third kappa shape index (κ3) is 3.95. The third-order valence-electron chi connectivity index (χ3n) is 4.71. The van der Waals surface area contributed by atoms with Gasteiger partial charge in [0.2, 0.25) is 0 Å². The molecular weight excluding hydrogens is 398 g/mol. The van der Waals surface area contributed by atoms with Gasteiger partial charge in [0.1, 0.15) is 11.7 Å². The predicted octanol–water partition coefficient (Wildman–Crippen LogP) is 5.74. The van der Waals surface area contributed by atoms with Gasteiger partial charge in [-0.3, -0.25) is 4.79 Å². The lowest BCUT2D eigenvalue weighted by atomic mass is 9.85. The minimum atomic E-state index is -0.230. The Balaban J connectivity index is 1.78. The topological polar surface area (TPSA) is 41.1 Å². The van der Waals surface area contributed by atoms with Crippen molar-refractivity contribution in [2.45, 2.75) is 25.7 Å². The first-order chi connectivity index (χ1) is 13.6. The van der Waals surface area contributed by atoms with Gasteiger partial charge in [-0.15, -0.1) is 0 Å². The molecule has 2 heterocycles. The zero-order valence-electron chi connectivity index (χ0n) is 14.9. The van der Waals surface area contributed by atoms with E-state index in [1.165, 1.54) is 35.7 Å². The summed E-state index contributed by atoms with van der Waals surface area (Å²) < 4.78 is 28.1. The minimum Gasteiger partial charge on any atom is -0.366 e. The van der Waals surface area contributed by atoms with Crippen molar-refractivity contribution >= 4 is 29.3 Å². The maximum Gasteiger partial charge on any atom is 0.186 e. The normalized spacial score (nSPS) is 22.1. The van der Waals surface area contributed by atoms with E-state index in [1.54, 1.807) is 24.8 Å². The Morgan fingerprint density at radius 2 is 1.25 bits per heavy atom. The molecule has 2 N–H and O–H groups in total. The van der Waals surface area contributed by atoms with Crippen LogP contribution in [0.5, 0.6) is 0 Å². The summed E-state index contributed by atoms with van der Waals surface area (Å²) in [5.41, 5.74) is 2.40. The molecule has 0 unspecified atom stereocenters. The molecule has 7 heteroatoms. The molecule has 144 valence electrons. The monoisotopic (exact) mass is 416 g/mol. The van der Waals surface area contributed by atoms with Crippen LogP contribution in [0.2, 0.25) is 0 Å². The Morgan fingerprint density at radius 3 is 1.64 bits per heavy atom. The Bertz CT molecular complexity index is 889. The Labute approximate surface area is 170 Å². The smallest absolute Gasteiger partial charge is 0.186 e. The van der Waals surface area contributed by atoms with Gasteiger partial charge in [0.05, 0.1) is 0 Å². The molecule has 0 aromatic heterocycles. The molecular formula is C21H18F2N2OS2. The maximum absolute atomic E-state index is 14.0. The number of nitrogens with one attached hydrogen (secondary N) is 2. The zero-order chi connectivity index (χ0) is 19.5. The summed E-state index contributed by atoms with van der Waals surface area (Å²) in [4.78, 5) is 15.1. The lowest BCUT2D eigenvalue weighted by molar-refractivity contribution is -0.112. The second-order valence-corrected chi connectivity index (χ2v) is 8.38. The summed E-state index contributed by atoms with van der Waals surface area (Å²) in [5, 5.41) is 9.70. The molecule has 0 fully saturated rings. The van der Waals surface area contributed by atoms with Crippen LogP contribution in [0, 0.1) is 0 Å². The largest absolute Gasteiger partial charge is 0.366 e. The number of halogens is 2. The van der Waals surface area contributed by atoms with Crippen LogP contribution in [0.1, 0.15) is 25.7 Å². The van der Waals surface area contributed by atoms with Gasteiger partial charge >= 0.3 is 0 Å². The number of ketones is 1. The van der Waals surface area contributed by atoms with E-state index in [0.717, 1.165) is 9.81 Å². The van der Waals surface area contributed by atoms with Crippen LogP contribution in [-0.2, 0) is 4.79 Å². The van der Waals surface area contributed by atoms with Crippen molar-refractivity contribution in [3.63, 3.8) is 0 Å². The average molecular weight is 417 g/mol. The van der Waals surface area contributed by atoms with Crippen molar-refractivity contribution in [1.82, 2.24) is 10.6 Å². The second kappa shape index (κ2) is 8.41. The molecule has 0 bridgehead atoms. The van der Waals surface area contributed by atoms with Crippen LogP contribution < -0.4 is 10.6 Å². The molecule has 3 nitrogen and oxygen atoms in total. The first-order valence-corrected chi connectivity index (χ1v) is 10.7. The minimum absolute atomic E-state index is 0.121. The first kappa shape index (κ1) is 19.1. The molecule has 0 amide bonds. The molecule has 4 aliphatic rings. The Morgan fingerprint density at radius 1 is 0.786 bits per heavy atom. The predicted molar refractivity (Wildman–Crippen MR) is 112 cm³/mol. The van der Waals surface area contributed by atoms with Gasteiger partial charge in [0, 0.05) is 58.6 Å². The van der Waals surface area contributed by atoms with Gasteiger partial charge in [0.15, 0.2) is 5.78 Å². The van der Waals surface area contributed by atoms with E-state index in [0.29, 0.717) is 35.1 Å². The van der Waals surface area contributed by atoms with Crippen molar-refractivity contribution in [2.24, 2.45) is 0 Å². The van der Waals surface area contributed by atoms with E-state index in [4.69, 9.17) is 0 Å². The fourth-order valence-electron chi connectivity index (χ4n) is 3.37. The lowest BCUT2D eigenvalue weighted by Gasteiger charge is -2.23. The van der Waals surface area contributed by atoms with Gasteiger partial charge in [-0.05, 0) is 47.0 Å². The molecule has 0 saturated heterocycles. The van der Waals surface area contributed by atoms with E-state index >= 15 is 0 Å². The molecule has 0 aromatic carbocycles. The molecule has 0 spiro atoms. The standard InChI is InChI=1S/C21H18F2N2OS2/c22-13-1-3-15(17(9-13)19-11-24-5-7-27-19)21(26)16-4-2-14(23)10-18(16)20-12-25-6-8-28-20/h5-12,24-25H,1-4H2. The van der Waals surface area contributed by atoms with E-state index in [-0.39, 0.29) is 30.3 Å². The van der Waals surface area contributed by atoms with Crippen molar-refractivity contribution in [3.05, 3.63) is 91.5 Å². The van der Waals surface area contributed by atoms with Crippen molar-refractivity contribution in [1.29, 1.82) is 0 Å². The molecule has 0 saturated carbocycles. The number of hydrogen-bond acceptors (Lipinski definition) is 5. The summed E-state index contributed by atoms with van der Waals surface area (Å²) in [6.45, 7) is 0. The van der Waals surface area contributed by atoms with Crippen LogP contribution in [0.15, 0.2) is 91.5 Å². The Hall–Kier alpha value is -2.25. The van der Waals surface area contributed by atoms with E-state index < -0.39 is 0 Å². The van der Waals surface area contributed by atoms with Crippen molar-refractivity contribution < 1.29 is 13.6 Å². The highest BCUT2D eigenvalue weighted by molar-refractivity contribution is 8.06. The molecule has 0 aromatic rings. The first-order valence-electron chi connectivity index (χ1n) is 8.93. The van der Waals surface area contributed by atoms with Crippen LogP contribution in [-0.4, -0.2) is 5.78 Å². The molecule has 4 rings (SSSR count). The quantitative estimate of drug-likeness (QED) is 0.612. The third-order valence-corrected chi connectivity index (χ3v) is 6.43. The van der Waals surface area contributed by atoms with Gasteiger partial charge < -0.3 is 10.6 Å². The number of carbonyl (C=O) groups excluding carboxylic acids is 1. The van der Waals surface area contributed by atoms with Crippen LogP contribution in [0.25, 0.3) is 0 Å². The van der Waals surface area contributed by atoms with Crippen molar-refractivity contribution in [3.8, 4) is 0 Å². The summed E-state index contributed by atoms with van der Waals surface area (Å²) in [6.07, 6.45) is 11.1. The van der Waals surface area contributed by atoms with E-state index in [2.05, 4.69) is 10.6 Å². The lowest BCUT2D eigenvalue weighted by Crippen LogP contribution is -2.17. The summed E-state index contributed by atoms with van der Waals surface area (Å²) in [7, 11) is 0. The number of thioether (sulfide) groups is 2. The summed E-state index contributed by atoms with van der Waals surface area (Å²) in [5.74, 6) is -0.581. The molecule has 0 atom stereocenters. The molecule has 2 aliphatic carbocycles. The SMILES string of the molecule is O=C(C1=C(C2=CNC=CS2)C=C(F)CC1)C1=C(C2=CNC=CS2)C=C(F)CC1. The number of rotatable bonds is 4. The highest BCUT2D eigenvalue weighted by Crippen LogP contribution is 2.41. The van der Waals surface area contributed by atoms with Crippen molar-refractivity contribution in [2.75, 3.05) is 0 Å². The van der Waals surface area contributed by atoms with E-state index in [9.17, 15) is 13.6 Å². The number of carbonyl (C=O) groups is 1. The number of allylic oxidation sites excluding steroid dienone is 8. The zero-order valence-corrected chi connectivity index (χ0v) is 16.6. The maximum atomic E-state index is 14.0. The molecule has 2 aliphatic heterocycles. The molecule has 28 heavy (non-hydrogen) atoms. The summed E-state index contributed by atoms with van der Waals surface area (Å²) >= 11 is 2.89. The summed E-state index contributed by atoms with van der Waals surface area (Å²) in [6, 6.07) is 0. The fourth-order valence-corrected chi connectivity index (χ4v) is 4.85. The highest BCUT2D eigenvalue weighted by atomic mass is 32.2. The van der Waals surface area contributed by atoms with Crippen LogP contribution in [0.3, 0.4) is 0 Å². The highest BCUT2D eigenvalue weighted by Gasteiger charge is 2.29. The van der Waals surface area contributed by atoms with Crippen LogP contribution in [0.4, 0.5) is 8.78 Å². The fraction of sp³-hybridized carbons (Fsp3) is 0.190. The van der Waals surface area contributed by atoms with E-state index in [1.807, 2.05) is 10.8 Å². The van der Waals surface area contributed by atoms with Crippen LogP contribution >= 0.6 is 23.5 Å². The second-order valence-electron chi connectivity index (χ2n) is 6.49. The Kier molecular flexibility index (Phi) is 5.73. The average Bonchev–Trinajstić information content (AvgIpc) is 2.74. The van der Waals surface area contributed by atoms with Gasteiger partial charge in [-0.2, -0.15) is 0 Å². The van der Waals surface area contributed by atoms with Gasteiger partial charge in [-0.1, -0.05) is 23.5 Å². The van der Waals surface area contributed by atoms with Gasteiger partial charge in [-0.25, -0.2) is 8.78 Å². The number of hydrogen-bond donors (Lipinski definition) is 2. The number of Topliss-reactive ketones (excluding diaryl/α,β-unsaturated/α-hetero) is 1.